The second-order valence-corrected chi connectivity index (χ2v) is 9.73. The molecule has 1 amide bonds. The summed E-state index contributed by atoms with van der Waals surface area (Å²) >= 11 is 1.34. The number of benzene rings is 2. The number of amides is 1. The maximum Gasteiger partial charge on any atom is 0.257 e. The average molecular weight is 402 g/mol. The van der Waals surface area contributed by atoms with Gasteiger partial charge in [-0.3, -0.25) is 10.1 Å². The molecular formula is C19H19N3O3S2. The van der Waals surface area contributed by atoms with E-state index in [1.165, 1.54) is 15.6 Å². The molecule has 1 aromatic heterocycles. The number of fused-ring (bicyclic) bond motifs is 2. The van der Waals surface area contributed by atoms with Gasteiger partial charge in [0.05, 0.1) is 11.4 Å². The molecule has 2 heterocycles. The van der Waals surface area contributed by atoms with E-state index in [9.17, 15) is 13.2 Å². The molecule has 27 heavy (non-hydrogen) atoms. The summed E-state index contributed by atoms with van der Waals surface area (Å²) in [5.41, 5.74) is 1.44. The minimum atomic E-state index is -3.22. The number of carbonyl (C=O) groups is 1. The van der Waals surface area contributed by atoms with E-state index in [4.69, 9.17) is 0 Å². The van der Waals surface area contributed by atoms with Gasteiger partial charge in [-0.05, 0) is 29.8 Å². The molecule has 0 bridgehead atoms. The molecule has 2 aromatic carbocycles. The molecule has 6 nitrogen and oxygen atoms in total. The Bertz CT molecular complexity index is 1120. The van der Waals surface area contributed by atoms with Gasteiger partial charge in [0, 0.05) is 30.0 Å². The van der Waals surface area contributed by atoms with Gasteiger partial charge < -0.3 is 0 Å². The summed E-state index contributed by atoms with van der Waals surface area (Å²) in [6.07, 6.45) is 0.566. The number of carbonyl (C=O) groups excluding carboxylic acids is 1. The van der Waals surface area contributed by atoms with E-state index in [0.717, 1.165) is 21.3 Å². The average Bonchev–Trinajstić information content (AvgIpc) is 3.08. The molecule has 0 fully saturated rings. The highest BCUT2D eigenvalue weighted by Crippen LogP contribution is 2.30. The Morgan fingerprint density at radius 1 is 1.22 bits per heavy atom. The summed E-state index contributed by atoms with van der Waals surface area (Å²) in [7, 11) is -3.22. The molecule has 3 aromatic rings. The Kier molecular flexibility index (Phi) is 4.71. The van der Waals surface area contributed by atoms with Crippen LogP contribution in [0.5, 0.6) is 0 Å². The fourth-order valence-corrected chi connectivity index (χ4v) is 5.31. The molecule has 1 aliphatic heterocycles. The van der Waals surface area contributed by atoms with Gasteiger partial charge in [0.2, 0.25) is 10.0 Å². The van der Waals surface area contributed by atoms with E-state index >= 15 is 0 Å². The lowest BCUT2D eigenvalue weighted by molar-refractivity contribution is 0.102. The zero-order valence-electron chi connectivity index (χ0n) is 14.8. The van der Waals surface area contributed by atoms with Crippen LogP contribution in [0.25, 0.3) is 10.8 Å². The first-order valence-electron chi connectivity index (χ1n) is 8.73. The van der Waals surface area contributed by atoms with Gasteiger partial charge in [0.1, 0.15) is 0 Å². The van der Waals surface area contributed by atoms with Crippen LogP contribution < -0.4 is 5.32 Å². The fourth-order valence-electron chi connectivity index (χ4n) is 3.15. The van der Waals surface area contributed by atoms with Crippen LogP contribution in [-0.4, -0.2) is 35.9 Å². The number of anilines is 1. The van der Waals surface area contributed by atoms with E-state index < -0.39 is 10.0 Å². The van der Waals surface area contributed by atoms with Crippen LogP contribution in [0.1, 0.15) is 27.9 Å². The van der Waals surface area contributed by atoms with Gasteiger partial charge in [-0.2, -0.15) is 4.31 Å². The van der Waals surface area contributed by atoms with E-state index in [2.05, 4.69) is 10.3 Å². The molecule has 1 aliphatic rings. The van der Waals surface area contributed by atoms with Gasteiger partial charge in [0.15, 0.2) is 5.13 Å². The van der Waals surface area contributed by atoms with Crippen molar-refractivity contribution in [1.82, 2.24) is 9.29 Å². The molecule has 0 aliphatic carbocycles. The number of nitrogens with one attached hydrogen (secondary N) is 1. The second-order valence-electron chi connectivity index (χ2n) is 6.39. The summed E-state index contributed by atoms with van der Waals surface area (Å²) in [6.45, 7) is 2.41. The SMILES string of the molecule is CCS(=O)(=O)N1CCc2nc(NC(=O)c3ccc4ccccc4c3)sc2C1. The molecule has 0 unspecified atom stereocenters. The summed E-state index contributed by atoms with van der Waals surface area (Å²) < 4.78 is 25.7. The largest absolute Gasteiger partial charge is 0.298 e. The summed E-state index contributed by atoms with van der Waals surface area (Å²) in [6, 6.07) is 13.4. The van der Waals surface area contributed by atoms with E-state index in [1.54, 1.807) is 13.0 Å². The van der Waals surface area contributed by atoms with Crippen molar-refractivity contribution in [3.63, 3.8) is 0 Å². The van der Waals surface area contributed by atoms with Crippen molar-refractivity contribution in [3.05, 3.63) is 58.6 Å². The Morgan fingerprint density at radius 3 is 2.78 bits per heavy atom. The first kappa shape index (κ1) is 18.1. The first-order chi connectivity index (χ1) is 13.0. The minimum absolute atomic E-state index is 0.0900. The molecule has 0 radical (unpaired) electrons. The van der Waals surface area contributed by atoms with Gasteiger partial charge >= 0.3 is 0 Å². The van der Waals surface area contributed by atoms with Crippen LogP contribution in [0.3, 0.4) is 0 Å². The third-order valence-electron chi connectivity index (χ3n) is 4.69. The van der Waals surface area contributed by atoms with Crippen molar-refractivity contribution in [3.8, 4) is 0 Å². The van der Waals surface area contributed by atoms with Crippen LogP contribution in [0.4, 0.5) is 5.13 Å². The molecule has 0 saturated carbocycles. The summed E-state index contributed by atoms with van der Waals surface area (Å²) in [5, 5.41) is 5.44. The summed E-state index contributed by atoms with van der Waals surface area (Å²) in [5.74, 6) is -0.128. The van der Waals surface area contributed by atoms with E-state index in [-0.39, 0.29) is 11.7 Å². The maximum atomic E-state index is 12.6. The lowest BCUT2D eigenvalue weighted by Gasteiger charge is -2.24. The van der Waals surface area contributed by atoms with Crippen LogP contribution in [0, 0.1) is 0 Å². The monoisotopic (exact) mass is 401 g/mol. The number of hydrogen-bond donors (Lipinski definition) is 1. The maximum absolute atomic E-state index is 12.6. The lowest BCUT2D eigenvalue weighted by Crippen LogP contribution is -2.36. The predicted molar refractivity (Wildman–Crippen MR) is 108 cm³/mol. The second kappa shape index (κ2) is 7.03. The highest BCUT2D eigenvalue weighted by Gasteiger charge is 2.28. The van der Waals surface area contributed by atoms with Gasteiger partial charge in [0.25, 0.3) is 5.91 Å². The highest BCUT2D eigenvalue weighted by atomic mass is 32.2. The lowest BCUT2D eigenvalue weighted by atomic mass is 10.1. The number of aromatic nitrogens is 1. The van der Waals surface area contributed by atoms with Crippen molar-refractivity contribution in [2.75, 3.05) is 17.6 Å². The Hall–Kier alpha value is -2.29. The van der Waals surface area contributed by atoms with Crippen LogP contribution >= 0.6 is 11.3 Å². The Labute approximate surface area is 161 Å². The number of nitrogens with zero attached hydrogens (tertiary/aromatic N) is 2. The van der Waals surface area contributed by atoms with Gasteiger partial charge in [-0.15, -0.1) is 11.3 Å². The molecule has 8 heteroatoms. The number of thiazole rings is 1. The van der Waals surface area contributed by atoms with Crippen LogP contribution in [0.15, 0.2) is 42.5 Å². The topological polar surface area (TPSA) is 79.4 Å². The van der Waals surface area contributed by atoms with Crippen molar-refractivity contribution >= 4 is 43.2 Å². The van der Waals surface area contributed by atoms with E-state index in [1.807, 2.05) is 36.4 Å². The molecule has 1 N–H and O–H groups in total. The predicted octanol–water partition coefficient (Wildman–Crippen LogP) is 3.26. The zero-order valence-corrected chi connectivity index (χ0v) is 16.4. The zero-order chi connectivity index (χ0) is 19.0. The normalized spacial score (nSPS) is 14.9. The fraction of sp³-hybridized carbons (Fsp3) is 0.263. The van der Waals surface area contributed by atoms with Crippen molar-refractivity contribution in [2.24, 2.45) is 0 Å². The van der Waals surface area contributed by atoms with Crippen LogP contribution in [0.2, 0.25) is 0 Å². The van der Waals surface area contributed by atoms with Crippen molar-refractivity contribution in [2.45, 2.75) is 19.9 Å². The number of sulfonamides is 1. The quantitative estimate of drug-likeness (QED) is 0.728. The van der Waals surface area contributed by atoms with Gasteiger partial charge in [-0.1, -0.05) is 30.3 Å². The molecular weight excluding hydrogens is 382 g/mol. The molecule has 4 rings (SSSR count). The number of hydrogen-bond acceptors (Lipinski definition) is 5. The molecule has 0 spiro atoms. The smallest absolute Gasteiger partial charge is 0.257 e. The Morgan fingerprint density at radius 2 is 2.00 bits per heavy atom. The van der Waals surface area contributed by atoms with Gasteiger partial charge in [-0.25, -0.2) is 13.4 Å². The standard InChI is InChI=1S/C19H19N3O3S2/c1-2-27(24,25)22-10-9-16-17(12-22)26-19(20-16)21-18(23)15-8-7-13-5-3-4-6-14(13)11-15/h3-8,11H,2,9-10,12H2,1H3,(H,20,21,23). The van der Waals surface area contributed by atoms with Crippen molar-refractivity contribution < 1.29 is 13.2 Å². The first-order valence-corrected chi connectivity index (χ1v) is 11.2. The third kappa shape index (κ3) is 3.60. The minimum Gasteiger partial charge on any atom is -0.298 e. The summed E-state index contributed by atoms with van der Waals surface area (Å²) in [4.78, 5) is 18.0. The van der Waals surface area contributed by atoms with Crippen LogP contribution in [-0.2, 0) is 23.0 Å². The number of rotatable bonds is 4. The molecule has 140 valence electrons. The Balaban J connectivity index is 1.53. The van der Waals surface area contributed by atoms with Crippen molar-refractivity contribution in [1.29, 1.82) is 0 Å². The highest BCUT2D eigenvalue weighted by molar-refractivity contribution is 7.89. The molecule has 0 atom stereocenters. The molecule has 0 saturated heterocycles. The third-order valence-corrected chi connectivity index (χ3v) is 7.51. The van der Waals surface area contributed by atoms with E-state index in [0.29, 0.717) is 30.2 Å².